The molecule has 4 heteroatoms. The molecule has 0 N–H and O–H groups in total. The van der Waals surface area contributed by atoms with Crippen molar-refractivity contribution in [3.63, 3.8) is 0 Å². The van der Waals surface area contributed by atoms with Gasteiger partial charge in [-0.25, -0.2) is 4.98 Å². The van der Waals surface area contributed by atoms with Gasteiger partial charge < -0.3 is 0 Å². The molecule has 0 radical (unpaired) electrons. The summed E-state index contributed by atoms with van der Waals surface area (Å²) in [6, 6.07) is 3.93. The lowest BCUT2D eigenvalue weighted by atomic mass is 9.98. The molecule has 0 unspecified atom stereocenters. The quantitative estimate of drug-likeness (QED) is 0.742. The maximum absolute atomic E-state index is 12.5. The van der Waals surface area contributed by atoms with Gasteiger partial charge in [0.25, 0.3) is 5.56 Å². The van der Waals surface area contributed by atoms with Crippen LogP contribution in [0.5, 0.6) is 0 Å². The van der Waals surface area contributed by atoms with Gasteiger partial charge in [0.15, 0.2) is 0 Å². The third kappa shape index (κ3) is 2.52. The number of hydrogen-bond donors (Lipinski definition) is 0. The van der Waals surface area contributed by atoms with Crippen LogP contribution in [0.4, 0.5) is 0 Å². The van der Waals surface area contributed by atoms with E-state index >= 15 is 0 Å². The summed E-state index contributed by atoms with van der Waals surface area (Å²) >= 11 is 0. The highest BCUT2D eigenvalue weighted by molar-refractivity contribution is 5.85. The van der Waals surface area contributed by atoms with E-state index in [1.165, 1.54) is 12.8 Å². The maximum atomic E-state index is 12.5. The van der Waals surface area contributed by atoms with Crippen LogP contribution in [0.3, 0.4) is 0 Å². The Balaban J connectivity index is 0.00000133. The highest BCUT2D eigenvalue weighted by Crippen LogP contribution is 2.17. The molecule has 0 spiro atoms. The third-order valence-electron chi connectivity index (χ3n) is 3.82. The van der Waals surface area contributed by atoms with Gasteiger partial charge in [-0.15, -0.1) is 12.4 Å². The van der Waals surface area contributed by atoms with E-state index in [0.717, 1.165) is 48.2 Å². The molecule has 0 bridgehead atoms. The minimum absolute atomic E-state index is 0. The van der Waals surface area contributed by atoms with Crippen molar-refractivity contribution in [2.75, 3.05) is 0 Å². The van der Waals surface area contributed by atoms with Crippen LogP contribution in [-0.4, -0.2) is 9.38 Å². The maximum Gasteiger partial charge on any atom is 0.261 e. The first kappa shape index (κ1) is 14.1. The molecule has 1 aliphatic carbocycles. The van der Waals surface area contributed by atoms with E-state index in [-0.39, 0.29) is 18.0 Å². The first-order valence-corrected chi connectivity index (χ1v) is 6.77. The molecule has 0 aliphatic heterocycles. The zero-order valence-corrected chi connectivity index (χ0v) is 12.0. The zero-order chi connectivity index (χ0) is 12.5. The highest BCUT2D eigenvalue weighted by Gasteiger charge is 2.14. The number of halogens is 1. The summed E-state index contributed by atoms with van der Waals surface area (Å²) in [6.45, 7) is 2.01. The molecule has 0 aromatic carbocycles. The lowest BCUT2D eigenvalue weighted by molar-refractivity contribution is 0.603. The Kier molecular flexibility index (Phi) is 4.25. The molecule has 102 valence electrons. The second-order valence-electron chi connectivity index (χ2n) is 5.14. The number of nitrogens with zero attached hydrogens (tertiary/aromatic N) is 2. The van der Waals surface area contributed by atoms with Crippen LogP contribution in [0, 0.1) is 6.92 Å². The highest BCUT2D eigenvalue weighted by atomic mass is 35.5. The number of rotatable bonds is 0. The third-order valence-corrected chi connectivity index (χ3v) is 3.82. The normalized spacial score (nSPS) is 15.2. The smallest absolute Gasteiger partial charge is 0.261 e. The number of aryl methyl sites for hydroxylation is 2. The van der Waals surface area contributed by atoms with Crippen molar-refractivity contribution >= 4 is 18.1 Å². The van der Waals surface area contributed by atoms with Gasteiger partial charge >= 0.3 is 0 Å². The summed E-state index contributed by atoms with van der Waals surface area (Å²) in [6.07, 6.45) is 8.43. The van der Waals surface area contributed by atoms with Crippen molar-refractivity contribution in [2.45, 2.75) is 45.4 Å². The Morgan fingerprint density at radius 3 is 2.68 bits per heavy atom. The first-order valence-electron chi connectivity index (χ1n) is 6.77. The van der Waals surface area contributed by atoms with Crippen molar-refractivity contribution in [3.8, 4) is 0 Å². The zero-order valence-electron chi connectivity index (χ0n) is 11.2. The fourth-order valence-corrected chi connectivity index (χ4v) is 2.78. The van der Waals surface area contributed by atoms with Crippen molar-refractivity contribution in [1.82, 2.24) is 9.38 Å². The Morgan fingerprint density at radius 1 is 1.16 bits per heavy atom. The Bertz CT molecular complexity index is 648. The second kappa shape index (κ2) is 5.74. The van der Waals surface area contributed by atoms with Crippen molar-refractivity contribution < 1.29 is 0 Å². The molecule has 2 aromatic heterocycles. The summed E-state index contributed by atoms with van der Waals surface area (Å²) in [5.74, 6) is 0. The molecule has 2 heterocycles. The van der Waals surface area contributed by atoms with Crippen LogP contribution in [0.2, 0.25) is 0 Å². The molecule has 0 saturated heterocycles. The van der Waals surface area contributed by atoms with Crippen LogP contribution in [0.15, 0.2) is 23.1 Å². The van der Waals surface area contributed by atoms with E-state index in [0.29, 0.717) is 0 Å². The molecule has 0 amide bonds. The van der Waals surface area contributed by atoms with Crippen molar-refractivity contribution in [3.05, 3.63) is 45.5 Å². The lowest BCUT2D eigenvalue weighted by Crippen LogP contribution is -2.23. The van der Waals surface area contributed by atoms with Crippen LogP contribution >= 0.6 is 12.4 Å². The van der Waals surface area contributed by atoms with E-state index in [9.17, 15) is 4.79 Å². The van der Waals surface area contributed by atoms with E-state index in [1.807, 2.05) is 25.3 Å². The largest absolute Gasteiger partial charge is 0.269 e. The van der Waals surface area contributed by atoms with E-state index in [4.69, 9.17) is 4.98 Å². The fraction of sp³-hybridized carbons (Fsp3) is 0.467. The average Bonchev–Trinajstić information content (AvgIpc) is 2.33. The van der Waals surface area contributed by atoms with Gasteiger partial charge in [-0.05, 0) is 44.2 Å². The SMILES string of the molecule is Cc1cccn2c(=O)c3c(nc12)CCCCCC3.Cl. The van der Waals surface area contributed by atoms with Gasteiger partial charge in [-0.1, -0.05) is 18.9 Å². The molecule has 19 heavy (non-hydrogen) atoms. The van der Waals surface area contributed by atoms with E-state index < -0.39 is 0 Å². The summed E-state index contributed by atoms with van der Waals surface area (Å²) in [5, 5.41) is 0. The number of pyridine rings is 1. The van der Waals surface area contributed by atoms with Crippen molar-refractivity contribution in [2.24, 2.45) is 0 Å². The number of hydrogen-bond acceptors (Lipinski definition) is 2. The number of aromatic nitrogens is 2. The molecular weight excluding hydrogens is 260 g/mol. The average molecular weight is 279 g/mol. The second-order valence-corrected chi connectivity index (χ2v) is 5.14. The minimum Gasteiger partial charge on any atom is -0.269 e. The summed E-state index contributed by atoms with van der Waals surface area (Å²) in [4.78, 5) is 17.3. The minimum atomic E-state index is 0. The lowest BCUT2D eigenvalue weighted by Gasteiger charge is -2.14. The predicted octanol–water partition coefficient (Wildman–Crippen LogP) is 3.08. The fourth-order valence-electron chi connectivity index (χ4n) is 2.78. The van der Waals surface area contributed by atoms with E-state index in [1.54, 1.807) is 4.40 Å². The van der Waals surface area contributed by atoms with Gasteiger partial charge in [0.2, 0.25) is 0 Å². The summed E-state index contributed by atoms with van der Waals surface area (Å²) in [5.41, 5.74) is 4.01. The molecule has 0 fully saturated rings. The summed E-state index contributed by atoms with van der Waals surface area (Å²) < 4.78 is 1.70. The molecule has 0 saturated carbocycles. The van der Waals surface area contributed by atoms with E-state index in [2.05, 4.69) is 0 Å². The Morgan fingerprint density at radius 2 is 1.89 bits per heavy atom. The Hall–Kier alpha value is -1.35. The predicted molar refractivity (Wildman–Crippen MR) is 79.3 cm³/mol. The topological polar surface area (TPSA) is 34.4 Å². The molecule has 3 rings (SSSR count). The monoisotopic (exact) mass is 278 g/mol. The molecule has 0 atom stereocenters. The standard InChI is InChI=1S/C15H18N2O.ClH/c1-11-7-6-10-17-14(11)16-13-9-5-3-2-4-8-12(13)15(17)18;/h6-7,10H,2-5,8-9H2,1H3;1H. The van der Waals surface area contributed by atoms with Gasteiger partial charge in [-0.2, -0.15) is 0 Å². The van der Waals surface area contributed by atoms with Gasteiger partial charge in [0.1, 0.15) is 5.65 Å². The van der Waals surface area contributed by atoms with Crippen LogP contribution < -0.4 is 5.56 Å². The first-order chi connectivity index (χ1) is 8.77. The van der Waals surface area contributed by atoms with Gasteiger partial charge in [0, 0.05) is 11.8 Å². The number of fused-ring (bicyclic) bond motifs is 2. The molecular formula is C15H19ClN2O. The van der Waals surface area contributed by atoms with Crippen molar-refractivity contribution in [1.29, 1.82) is 0 Å². The summed E-state index contributed by atoms with van der Waals surface area (Å²) in [7, 11) is 0. The molecule has 2 aromatic rings. The molecule has 1 aliphatic rings. The Labute approximate surface area is 119 Å². The van der Waals surface area contributed by atoms with Crippen LogP contribution in [0.25, 0.3) is 5.65 Å². The van der Waals surface area contributed by atoms with Crippen LogP contribution in [0.1, 0.15) is 42.5 Å². The van der Waals surface area contributed by atoms with Gasteiger partial charge in [0.05, 0.1) is 5.69 Å². The van der Waals surface area contributed by atoms with Gasteiger partial charge in [-0.3, -0.25) is 9.20 Å². The van der Waals surface area contributed by atoms with Crippen LogP contribution in [-0.2, 0) is 12.8 Å². The molecule has 3 nitrogen and oxygen atoms in total.